The van der Waals surface area contributed by atoms with Crippen LogP contribution in [0.4, 0.5) is 0 Å². The van der Waals surface area contributed by atoms with Crippen molar-refractivity contribution in [3.05, 3.63) is 145 Å². The van der Waals surface area contributed by atoms with Crippen molar-refractivity contribution in [3.8, 4) is 5.75 Å². The molecule has 0 unspecified atom stereocenters. The van der Waals surface area contributed by atoms with Gasteiger partial charge in [0.1, 0.15) is 5.75 Å². The van der Waals surface area contributed by atoms with Crippen molar-refractivity contribution in [2.24, 2.45) is 0 Å². The second kappa shape index (κ2) is 11.1. The van der Waals surface area contributed by atoms with E-state index in [0.717, 1.165) is 31.6 Å². The van der Waals surface area contributed by atoms with Crippen molar-refractivity contribution in [3.63, 3.8) is 0 Å². The highest BCUT2D eigenvalue weighted by molar-refractivity contribution is 7.80. The van der Waals surface area contributed by atoms with Crippen molar-refractivity contribution >= 4 is 56.2 Å². The van der Waals surface area contributed by atoms with Crippen molar-refractivity contribution in [1.29, 1.82) is 0 Å². The van der Waals surface area contributed by atoms with Gasteiger partial charge in [0.05, 0.1) is 6.61 Å². The monoisotopic (exact) mass is 534 g/mol. The molecule has 0 amide bonds. The van der Waals surface area contributed by atoms with Crippen LogP contribution in [0.1, 0.15) is 18.4 Å². The van der Waals surface area contributed by atoms with E-state index >= 15 is 0 Å². The van der Waals surface area contributed by atoms with Gasteiger partial charge in [-0.1, -0.05) is 133 Å². The van der Waals surface area contributed by atoms with Gasteiger partial charge in [-0.15, -0.1) is 0 Å². The summed E-state index contributed by atoms with van der Waals surface area (Å²) >= 11 is 0. The molecule has 7 aromatic carbocycles. The normalized spacial score (nSPS) is 11.6. The first-order chi connectivity index (χ1) is 19.9. The van der Waals surface area contributed by atoms with Gasteiger partial charge < -0.3 is 4.74 Å². The molecule has 0 atom stereocenters. The predicted octanol–water partition coefficient (Wildman–Crippen LogP) is 8.74. The van der Waals surface area contributed by atoms with Crippen LogP contribution >= 0.6 is 7.92 Å². The average molecular weight is 535 g/mol. The molecule has 0 radical (unpaired) electrons. The lowest BCUT2D eigenvalue weighted by Crippen LogP contribution is -2.22. The quantitative estimate of drug-likeness (QED) is 0.102. The number of hydrogen-bond donors (Lipinski definition) is 0. The van der Waals surface area contributed by atoms with E-state index in [0.29, 0.717) is 0 Å². The van der Waals surface area contributed by atoms with E-state index in [-0.39, 0.29) is 0 Å². The lowest BCUT2D eigenvalue weighted by molar-refractivity contribution is 0.309. The van der Waals surface area contributed by atoms with E-state index < -0.39 is 7.92 Å². The third-order valence-electron chi connectivity index (χ3n) is 7.85. The molecular formula is C38H31OP. The summed E-state index contributed by atoms with van der Waals surface area (Å²) < 4.78 is 6.50. The largest absolute Gasteiger partial charge is 0.493 e. The van der Waals surface area contributed by atoms with Crippen LogP contribution in [-0.2, 0) is 6.42 Å². The molecule has 0 saturated carbocycles. The second-order valence-electron chi connectivity index (χ2n) is 10.4. The van der Waals surface area contributed by atoms with Gasteiger partial charge in [-0.05, 0) is 81.7 Å². The van der Waals surface area contributed by atoms with Crippen LogP contribution in [0.25, 0.3) is 32.3 Å². The van der Waals surface area contributed by atoms with Gasteiger partial charge in [-0.25, -0.2) is 0 Å². The van der Waals surface area contributed by atoms with Crippen molar-refractivity contribution in [2.45, 2.75) is 19.3 Å². The smallest absolute Gasteiger partial charge is 0.127 e. The predicted molar refractivity (Wildman–Crippen MR) is 174 cm³/mol. The Morgan fingerprint density at radius 3 is 1.80 bits per heavy atom. The van der Waals surface area contributed by atoms with Crippen LogP contribution in [0, 0.1) is 0 Å². The summed E-state index contributed by atoms with van der Waals surface area (Å²) in [5.41, 5.74) is 1.43. The fraction of sp³-hybridized carbons (Fsp3) is 0.105. The van der Waals surface area contributed by atoms with Gasteiger partial charge in [-0.2, -0.15) is 0 Å². The molecule has 0 N–H and O–H groups in total. The minimum Gasteiger partial charge on any atom is -0.493 e. The number of aryl methyl sites for hydroxylation is 1. The summed E-state index contributed by atoms with van der Waals surface area (Å²) in [6.45, 7) is 0.718. The summed E-state index contributed by atoms with van der Waals surface area (Å²) in [7, 11) is -0.693. The number of rotatable bonds is 9. The van der Waals surface area contributed by atoms with E-state index in [4.69, 9.17) is 4.74 Å². The van der Waals surface area contributed by atoms with Gasteiger partial charge in [0.2, 0.25) is 0 Å². The minimum absolute atomic E-state index is 0.693. The Morgan fingerprint density at radius 1 is 0.475 bits per heavy atom. The van der Waals surface area contributed by atoms with Crippen LogP contribution in [0.2, 0.25) is 0 Å². The molecular weight excluding hydrogens is 503 g/mol. The maximum Gasteiger partial charge on any atom is 0.127 e. The summed E-state index contributed by atoms with van der Waals surface area (Å²) in [6, 6.07) is 50.6. The summed E-state index contributed by atoms with van der Waals surface area (Å²) in [6.07, 6.45) is 3.17. The Balaban J connectivity index is 1.08. The maximum absolute atomic E-state index is 6.50. The van der Waals surface area contributed by atoms with Crippen LogP contribution in [0.15, 0.2) is 140 Å². The van der Waals surface area contributed by atoms with E-state index in [1.165, 1.54) is 53.8 Å². The zero-order valence-corrected chi connectivity index (χ0v) is 23.4. The van der Waals surface area contributed by atoms with Gasteiger partial charge in [-0.3, -0.25) is 0 Å². The third-order valence-corrected chi connectivity index (χ3v) is 10.3. The lowest BCUT2D eigenvalue weighted by Gasteiger charge is -2.22. The number of hydrogen-bond acceptors (Lipinski definition) is 1. The topological polar surface area (TPSA) is 9.23 Å². The molecule has 0 fully saturated rings. The van der Waals surface area contributed by atoms with Gasteiger partial charge in [0.15, 0.2) is 0 Å². The molecule has 0 spiro atoms. The Kier molecular flexibility index (Phi) is 6.90. The molecule has 7 rings (SSSR count). The van der Waals surface area contributed by atoms with E-state index in [1.807, 2.05) is 0 Å². The van der Waals surface area contributed by atoms with Crippen LogP contribution < -0.4 is 20.7 Å². The highest BCUT2D eigenvalue weighted by atomic mass is 31.1. The Morgan fingerprint density at radius 2 is 1.07 bits per heavy atom. The minimum atomic E-state index is -0.693. The lowest BCUT2D eigenvalue weighted by atomic mass is 9.91. The number of ether oxygens (including phenoxy) is 1. The molecule has 0 aliphatic carbocycles. The summed E-state index contributed by atoms with van der Waals surface area (Å²) in [5.74, 6) is 1.00. The van der Waals surface area contributed by atoms with Gasteiger partial charge >= 0.3 is 0 Å². The zero-order valence-electron chi connectivity index (χ0n) is 22.5. The molecule has 7 aromatic rings. The fourth-order valence-corrected chi connectivity index (χ4v) is 8.35. The first-order valence-electron chi connectivity index (χ1n) is 14.1. The first kappa shape index (κ1) is 24.8. The SMILES string of the molecule is c1ccc(P(c2ccccc2)c2ccccc2OCCCCc2ccc3ccc4cccc5ccc2c3c45)cc1. The number of unbranched alkanes of at least 4 members (excludes halogenated alkanes) is 1. The highest BCUT2D eigenvalue weighted by Gasteiger charge is 2.20. The Bertz CT molecular complexity index is 1820. The van der Waals surface area contributed by atoms with Crippen LogP contribution in [0.5, 0.6) is 5.75 Å². The number of para-hydroxylation sites is 1. The molecule has 1 nitrogen and oxygen atoms in total. The molecule has 2 heteroatoms. The van der Waals surface area contributed by atoms with Crippen LogP contribution in [-0.4, -0.2) is 6.61 Å². The third kappa shape index (κ3) is 4.72. The molecule has 194 valence electrons. The zero-order chi connectivity index (χ0) is 26.7. The van der Waals surface area contributed by atoms with Gasteiger partial charge in [0.25, 0.3) is 0 Å². The van der Waals surface area contributed by atoms with Crippen molar-refractivity contribution in [1.82, 2.24) is 0 Å². The summed E-state index contributed by atoms with van der Waals surface area (Å²) in [5, 5.41) is 12.1. The summed E-state index contributed by atoms with van der Waals surface area (Å²) in [4.78, 5) is 0. The fourth-order valence-electron chi connectivity index (χ4n) is 5.96. The molecule has 0 bridgehead atoms. The Hall–Kier alpha value is -4.19. The molecule has 0 saturated heterocycles. The van der Waals surface area contributed by atoms with Crippen LogP contribution in [0.3, 0.4) is 0 Å². The molecule has 0 aliphatic rings. The van der Waals surface area contributed by atoms with Crippen molar-refractivity contribution < 1.29 is 4.74 Å². The molecule has 0 aromatic heterocycles. The van der Waals surface area contributed by atoms with Gasteiger partial charge in [0, 0.05) is 5.30 Å². The van der Waals surface area contributed by atoms with E-state index in [1.54, 1.807) is 0 Å². The highest BCUT2D eigenvalue weighted by Crippen LogP contribution is 2.37. The molecule has 0 aliphatic heterocycles. The molecule has 40 heavy (non-hydrogen) atoms. The first-order valence-corrected chi connectivity index (χ1v) is 15.5. The average Bonchev–Trinajstić information content (AvgIpc) is 3.02. The van der Waals surface area contributed by atoms with E-state index in [9.17, 15) is 0 Å². The molecule has 0 heterocycles. The van der Waals surface area contributed by atoms with Crippen molar-refractivity contribution in [2.75, 3.05) is 6.61 Å². The van der Waals surface area contributed by atoms with E-state index in [2.05, 4.69) is 140 Å². The standard InChI is InChI=1S/C38H31OP/c1-3-15-32(16-4-1)40(33-17-5-2-6-18-33)36-20-8-7-19-35(36)39-27-10-9-12-28-21-22-31-24-23-29-13-11-14-30-25-26-34(28)38(31)37(29)30/h1-8,11,13-26H,9-10,12,27H2. The number of benzene rings is 7. The maximum atomic E-state index is 6.50. The second-order valence-corrected chi connectivity index (χ2v) is 12.5. The Labute approximate surface area is 237 Å².